The molecule has 2 rings (SSSR count). The van der Waals surface area contributed by atoms with Crippen LogP contribution in [0.5, 0.6) is 0 Å². The highest BCUT2D eigenvalue weighted by atomic mass is 35.5. The summed E-state index contributed by atoms with van der Waals surface area (Å²) in [6.45, 7) is 0. The molecule has 1 aliphatic rings. The third-order valence-corrected chi connectivity index (χ3v) is 4.15. The lowest BCUT2D eigenvalue weighted by molar-refractivity contribution is 0.622. The molecular formula is C11H17ClN4S. The first kappa shape index (κ1) is 12.9. The first-order chi connectivity index (χ1) is 8.15. The number of hydrogen-bond acceptors (Lipinski definition) is 5. The van der Waals surface area contributed by atoms with Crippen molar-refractivity contribution in [1.29, 1.82) is 0 Å². The van der Waals surface area contributed by atoms with Gasteiger partial charge >= 0.3 is 0 Å². The summed E-state index contributed by atoms with van der Waals surface area (Å²) in [7, 11) is 3.80. The molecule has 1 saturated carbocycles. The van der Waals surface area contributed by atoms with Gasteiger partial charge in [0.15, 0.2) is 5.16 Å². The summed E-state index contributed by atoms with van der Waals surface area (Å²) in [4.78, 5) is 14.4. The van der Waals surface area contributed by atoms with Gasteiger partial charge in [-0.15, -0.1) is 0 Å². The molecule has 1 aromatic rings. The normalized spacial score (nSPS) is 16.4. The zero-order valence-electron chi connectivity index (χ0n) is 10.2. The van der Waals surface area contributed by atoms with Gasteiger partial charge in [-0.25, -0.2) is 0 Å². The number of aromatic nitrogens is 3. The lowest BCUT2D eigenvalue weighted by atomic mass is 10.1. The van der Waals surface area contributed by atoms with Crippen LogP contribution in [0.2, 0.25) is 5.28 Å². The number of rotatable bonds is 4. The molecule has 0 radical (unpaired) electrons. The van der Waals surface area contributed by atoms with Gasteiger partial charge in [-0.3, -0.25) is 0 Å². The van der Waals surface area contributed by atoms with E-state index in [0.29, 0.717) is 5.95 Å². The summed E-state index contributed by atoms with van der Waals surface area (Å²) < 4.78 is 0. The number of halogens is 1. The highest BCUT2D eigenvalue weighted by molar-refractivity contribution is 7.99. The van der Waals surface area contributed by atoms with E-state index < -0.39 is 0 Å². The van der Waals surface area contributed by atoms with Crippen LogP contribution in [0, 0.1) is 5.92 Å². The maximum Gasteiger partial charge on any atom is 0.230 e. The summed E-state index contributed by atoms with van der Waals surface area (Å²) in [6.07, 6.45) is 5.41. The molecule has 0 aliphatic heterocycles. The van der Waals surface area contributed by atoms with Gasteiger partial charge in [0.05, 0.1) is 0 Å². The van der Waals surface area contributed by atoms with Crippen LogP contribution in [-0.2, 0) is 0 Å². The second-order valence-corrected chi connectivity index (χ2v) is 5.87. The summed E-state index contributed by atoms with van der Waals surface area (Å²) in [5.74, 6) is 2.53. The van der Waals surface area contributed by atoms with E-state index >= 15 is 0 Å². The molecule has 94 valence electrons. The summed E-state index contributed by atoms with van der Waals surface area (Å²) in [5, 5.41) is 1.01. The monoisotopic (exact) mass is 272 g/mol. The molecule has 0 saturated heterocycles. The van der Waals surface area contributed by atoms with E-state index in [1.54, 1.807) is 11.8 Å². The molecule has 17 heavy (non-hydrogen) atoms. The van der Waals surface area contributed by atoms with Crippen LogP contribution in [0.15, 0.2) is 5.16 Å². The molecule has 0 amide bonds. The third-order valence-electron chi connectivity index (χ3n) is 2.90. The van der Waals surface area contributed by atoms with Gasteiger partial charge in [0, 0.05) is 19.8 Å². The van der Waals surface area contributed by atoms with Crippen molar-refractivity contribution in [3.8, 4) is 0 Å². The largest absolute Gasteiger partial charge is 0.347 e. The molecule has 1 aromatic heterocycles. The zero-order chi connectivity index (χ0) is 12.3. The van der Waals surface area contributed by atoms with E-state index in [-0.39, 0.29) is 5.28 Å². The van der Waals surface area contributed by atoms with Gasteiger partial charge in [0.25, 0.3) is 0 Å². The Kier molecular flexibility index (Phi) is 4.45. The van der Waals surface area contributed by atoms with Crippen molar-refractivity contribution in [2.75, 3.05) is 24.7 Å². The minimum absolute atomic E-state index is 0.276. The van der Waals surface area contributed by atoms with Crippen molar-refractivity contribution in [2.45, 2.75) is 30.8 Å². The van der Waals surface area contributed by atoms with E-state index in [2.05, 4.69) is 15.0 Å². The van der Waals surface area contributed by atoms with Gasteiger partial charge in [-0.05, 0) is 30.4 Å². The highest BCUT2D eigenvalue weighted by Gasteiger charge is 2.16. The Morgan fingerprint density at radius 1 is 1.24 bits per heavy atom. The van der Waals surface area contributed by atoms with Crippen molar-refractivity contribution in [1.82, 2.24) is 15.0 Å². The Hall–Kier alpha value is -0.550. The molecule has 1 aliphatic carbocycles. The molecule has 0 spiro atoms. The molecule has 0 atom stereocenters. The standard InChI is InChI=1S/C11H17ClN4S/c1-16(2)10-13-9(12)14-11(15-10)17-7-8-5-3-4-6-8/h8H,3-7H2,1-2H3. The molecule has 1 fully saturated rings. The smallest absolute Gasteiger partial charge is 0.230 e. The second-order valence-electron chi connectivity index (χ2n) is 4.54. The van der Waals surface area contributed by atoms with Crippen LogP contribution in [-0.4, -0.2) is 34.8 Å². The van der Waals surface area contributed by atoms with Crippen molar-refractivity contribution < 1.29 is 0 Å². The average molecular weight is 273 g/mol. The molecule has 1 heterocycles. The van der Waals surface area contributed by atoms with E-state index in [1.165, 1.54) is 25.7 Å². The fourth-order valence-electron chi connectivity index (χ4n) is 1.96. The van der Waals surface area contributed by atoms with Crippen molar-refractivity contribution in [2.24, 2.45) is 5.92 Å². The van der Waals surface area contributed by atoms with Gasteiger partial charge < -0.3 is 4.90 Å². The summed E-state index contributed by atoms with van der Waals surface area (Å²) in [5.41, 5.74) is 0. The summed E-state index contributed by atoms with van der Waals surface area (Å²) in [6, 6.07) is 0. The fraction of sp³-hybridized carbons (Fsp3) is 0.727. The second kappa shape index (κ2) is 5.87. The minimum atomic E-state index is 0.276. The Labute approximate surface area is 111 Å². The predicted molar refractivity (Wildman–Crippen MR) is 71.8 cm³/mol. The van der Waals surface area contributed by atoms with E-state index in [1.807, 2.05) is 19.0 Å². The molecule has 6 heteroatoms. The molecule has 0 N–H and O–H groups in total. The lowest BCUT2D eigenvalue weighted by Gasteiger charge is -2.11. The molecular weight excluding hydrogens is 256 g/mol. The van der Waals surface area contributed by atoms with Gasteiger partial charge in [0.2, 0.25) is 11.2 Å². The van der Waals surface area contributed by atoms with Crippen LogP contribution in [0.3, 0.4) is 0 Å². The first-order valence-corrected chi connectivity index (χ1v) is 7.23. The van der Waals surface area contributed by atoms with Crippen LogP contribution < -0.4 is 4.90 Å². The highest BCUT2D eigenvalue weighted by Crippen LogP contribution is 2.30. The van der Waals surface area contributed by atoms with Crippen molar-refractivity contribution in [3.63, 3.8) is 0 Å². The van der Waals surface area contributed by atoms with E-state index in [4.69, 9.17) is 11.6 Å². The molecule has 0 bridgehead atoms. The van der Waals surface area contributed by atoms with Crippen molar-refractivity contribution in [3.05, 3.63) is 5.28 Å². The Morgan fingerprint density at radius 2 is 1.94 bits per heavy atom. The number of thioether (sulfide) groups is 1. The SMILES string of the molecule is CN(C)c1nc(Cl)nc(SCC2CCCC2)n1. The topological polar surface area (TPSA) is 41.9 Å². The Balaban J connectivity index is 1.99. The van der Waals surface area contributed by atoms with Crippen LogP contribution in [0.4, 0.5) is 5.95 Å². The Morgan fingerprint density at radius 3 is 2.59 bits per heavy atom. The van der Waals surface area contributed by atoms with Crippen LogP contribution >= 0.6 is 23.4 Å². The number of nitrogens with zero attached hydrogens (tertiary/aromatic N) is 4. The third kappa shape index (κ3) is 3.71. The maximum absolute atomic E-state index is 5.89. The van der Waals surface area contributed by atoms with Crippen LogP contribution in [0.25, 0.3) is 0 Å². The lowest BCUT2D eigenvalue weighted by Crippen LogP contribution is -2.14. The minimum Gasteiger partial charge on any atom is -0.347 e. The predicted octanol–water partition coefficient (Wildman–Crippen LogP) is 2.87. The average Bonchev–Trinajstić information content (AvgIpc) is 2.78. The van der Waals surface area contributed by atoms with Gasteiger partial charge in [-0.2, -0.15) is 15.0 Å². The van der Waals surface area contributed by atoms with Gasteiger partial charge in [0.1, 0.15) is 0 Å². The van der Waals surface area contributed by atoms with Crippen LogP contribution in [0.1, 0.15) is 25.7 Å². The molecule has 0 unspecified atom stereocenters. The first-order valence-electron chi connectivity index (χ1n) is 5.87. The molecule has 0 aromatic carbocycles. The maximum atomic E-state index is 5.89. The quantitative estimate of drug-likeness (QED) is 0.789. The molecule has 4 nitrogen and oxygen atoms in total. The van der Waals surface area contributed by atoms with Crippen molar-refractivity contribution >= 4 is 29.3 Å². The summed E-state index contributed by atoms with van der Waals surface area (Å²) >= 11 is 7.58. The zero-order valence-corrected chi connectivity index (χ0v) is 11.8. The van der Waals surface area contributed by atoms with E-state index in [9.17, 15) is 0 Å². The number of hydrogen-bond donors (Lipinski definition) is 0. The number of anilines is 1. The Bertz CT molecular complexity index is 380. The fourth-order valence-corrected chi connectivity index (χ4v) is 3.18. The van der Waals surface area contributed by atoms with Gasteiger partial charge in [-0.1, -0.05) is 24.6 Å². The van der Waals surface area contributed by atoms with E-state index in [0.717, 1.165) is 16.8 Å².